The second-order valence-electron chi connectivity index (χ2n) is 12.3. The normalized spacial score (nSPS) is 13.4. The molecule has 0 aliphatic carbocycles. The first-order chi connectivity index (χ1) is 20.8. The van der Waals surface area contributed by atoms with Gasteiger partial charge in [0.2, 0.25) is 0 Å². The number of aliphatic hydroxyl groups is 2. The highest BCUT2D eigenvalue weighted by atomic mass is 16.6. The Kier molecular flexibility index (Phi) is 30.1. The number of hydrogen-bond donors (Lipinski definition) is 2. The fourth-order valence-corrected chi connectivity index (χ4v) is 4.72. The third-order valence-electron chi connectivity index (χ3n) is 7.40. The van der Waals surface area contributed by atoms with E-state index in [-0.39, 0.29) is 25.2 Å². The van der Waals surface area contributed by atoms with Crippen LogP contribution in [0, 0.1) is 5.92 Å². The average molecular weight is 607 g/mol. The van der Waals surface area contributed by atoms with E-state index in [4.69, 9.17) is 9.47 Å². The predicted octanol–water partition coefficient (Wildman–Crippen LogP) is 9.33. The van der Waals surface area contributed by atoms with Crippen LogP contribution in [0.5, 0.6) is 0 Å². The van der Waals surface area contributed by atoms with Crippen LogP contribution in [0.4, 0.5) is 0 Å². The molecule has 0 aliphatic heterocycles. The number of allylic oxidation sites excluding steroid dienone is 4. The molecule has 6 nitrogen and oxygen atoms in total. The molecule has 0 aromatic heterocycles. The molecule has 0 saturated heterocycles. The monoisotopic (exact) mass is 606 g/mol. The summed E-state index contributed by atoms with van der Waals surface area (Å²) < 4.78 is 10.3. The quantitative estimate of drug-likeness (QED) is 0.0366. The fourth-order valence-electron chi connectivity index (χ4n) is 4.72. The summed E-state index contributed by atoms with van der Waals surface area (Å²) in [7, 11) is 0. The van der Waals surface area contributed by atoms with Crippen molar-refractivity contribution in [1.82, 2.24) is 0 Å². The summed E-state index contributed by atoms with van der Waals surface area (Å²) >= 11 is 0. The first-order valence-electron chi connectivity index (χ1n) is 17.5. The maximum absolute atomic E-state index is 11.9. The maximum atomic E-state index is 11.9. The summed E-state index contributed by atoms with van der Waals surface area (Å²) in [5.74, 6) is 0.203. The summed E-state index contributed by atoms with van der Waals surface area (Å²) in [6, 6.07) is 0. The van der Waals surface area contributed by atoms with Crippen LogP contribution in [0.15, 0.2) is 36.5 Å². The lowest BCUT2D eigenvalue weighted by Crippen LogP contribution is -2.25. The Labute approximate surface area is 264 Å². The number of carbonyl (C=O) groups excluding carboxylic acids is 2. The lowest BCUT2D eigenvalue weighted by Gasteiger charge is -2.12. The lowest BCUT2D eigenvalue weighted by molar-refractivity contribution is -0.152. The van der Waals surface area contributed by atoms with Crippen molar-refractivity contribution in [1.29, 1.82) is 0 Å². The van der Waals surface area contributed by atoms with Crippen molar-refractivity contribution in [2.24, 2.45) is 5.92 Å². The van der Waals surface area contributed by atoms with Crippen molar-refractivity contribution in [2.75, 3.05) is 13.2 Å². The third-order valence-corrected chi connectivity index (χ3v) is 7.40. The van der Waals surface area contributed by atoms with Crippen LogP contribution < -0.4 is 0 Å². The standard InChI is InChI=1S/C37H66O6/c1-4-5-21-27-34(38)28-23-18-14-10-8-12-16-20-25-30-37(41)43-32-35(39)31-42-36(40)29-24-19-15-11-7-6-9-13-17-22-26-33(2)3/h5,14,18,21,23,28,33-35,38-39H,4,6-13,15-17,19-20,22,24-27,29-32H2,1-3H3/b18-14+,21-5+,28-23+/t34?,35-/m1/s1. The van der Waals surface area contributed by atoms with Gasteiger partial charge in [0, 0.05) is 12.8 Å². The van der Waals surface area contributed by atoms with E-state index < -0.39 is 12.2 Å². The topological polar surface area (TPSA) is 93.1 Å². The van der Waals surface area contributed by atoms with E-state index in [1.165, 1.54) is 51.4 Å². The van der Waals surface area contributed by atoms with Gasteiger partial charge in [0.15, 0.2) is 0 Å². The van der Waals surface area contributed by atoms with Gasteiger partial charge < -0.3 is 19.7 Å². The first kappa shape index (κ1) is 41.1. The number of aliphatic hydroxyl groups excluding tert-OH is 2. The van der Waals surface area contributed by atoms with E-state index in [2.05, 4.69) is 32.9 Å². The van der Waals surface area contributed by atoms with Gasteiger partial charge in [-0.05, 0) is 44.4 Å². The fraction of sp³-hybridized carbons (Fsp3) is 0.784. The van der Waals surface area contributed by atoms with Crippen molar-refractivity contribution < 1.29 is 29.3 Å². The van der Waals surface area contributed by atoms with E-state index in [1.54, 1.807) is 0 Å². The Morgan fingerprint density at radius 3 is 1.63 bits per heavy atom. The van der Waals surface area contributed by atoms with E-state index in [0.29, 0.717) is 19.3 Å². The minimum absolute atomic E-state index is 0.135. The highest BCUT2D eigenvalue weighted by Gasteiger charge is 2.12. The zero-order chi connectivity index (χ0) is 31.8. The van der Waals surface area contributed by atoms with Gasteiger partial charge in [-0.1, -0.05) is 141 Å². The van der Waals surface area contributed by atoms with Gasteiger partial charge in [-0.2, -0.15) is 0 Å². The van der Waals surface area contributed by atoms with Crippen LogP contribution in [-0.2, 0) is 19.1 Å². The zero-order valence-electron chi connectivity index (χ0n) is 28.0. The van der Waals surface area contributed by atoms with Gasteiger partial charge >= 0.3 is 11.9 Å². The van der Waals surface area contributed by atoms with Crippen LogP contribution in [0.1, 0.15) is 156 Å². The summed E-state index contributed by atoms with van der Waals surface area (Å²) in [6.45, 7) is 6.38. The molecule has 0 fully saturated rings. The minimum Gasteiger partial charge on any atom is -0.463 e. The molecule has 250 valence electrons. The van der Waals surface area contributed by atoms with Gasteiger partial charge in [-0.15, -0.1) is 0 Å². The van der Waals surface area contributed by atoms with Crippen LogP contribution >= 0.6 is 0 Å². The first-order valence-corrected chi connectivity index (χ1v) is 17.5. The Morgan fingerprint density at radius 1 is 0.628 bits per heavy atom. The average Bonchev–Trinajstić information content (AvgIpc) is 2.98. The summed E-state index contributed by atoms with van der Waals surface area (Å²) in [5, 5.41) is 19.8. The molecule has 6 heteroatoms. The molecule has 0 amide bonds. The summed E-state index contributed by atoms with van der Waals surface area (Å²) in [5.41, 5.74) is 0. The van der Waals surface area contributed by atoms with Gasteiger partial charge in [0.25, 0.3) is 0 Å². The van der Waals surface area contributed by atoms with Crippen molar-refractivity contribution in [3.8, 4) is 0 Å². The van der Waals surface area contributed by atoms with Gasteiger partial charge in [-0.25, -0.2) is 0 Å². The second kappa shape index (κ2) is 31.5. The Hall–Kier alpha value is -1.92. The number of unbranched alkanes of at least 4 members (excludes halogenated alkanes) is 14. The zero-order valence-corrected chi connectivity index (χ0v) is 28.0. The van der Waals surface area contributed by atoms with Crippen LogP contribution in [0.3, 0.4) is 0 Å². The number of esters is 2. The van der Waals surface area contributed by atoms with Crippen molar-refractivity contribution >= 4 is 11.9 Å². The summed E-state index contributed by atoms with van der Waals surface area (Å²) in [6.07, 6.45) is 32.4. The maximum Gasteiger partial charge on any atom is 0.305 e. The van der Waals surface area contributed by atoms with Crippen molar-refractivity contribution in [2.45, 2.75) is 168 Å². The van der Waals surface area contributed by atoms with Crippen LogP contribution in [0.25, 0.3) is 0 Å². The molecule has 0 heterocycles. The van der Waals surface area contributed by atoms with Gasteiger partial charge in [-0.3, -0.25) is 9.59 Å². The molecular weight excluding hydrogens is 540 g/mol. The number of hydrogen-bond acceptors (Lipinski definition) is 6. The highest BCUT2D eigenvalue weighted by molar-refractivity contribution is 5.69. The molecule has 0 aromatic carbocycles. The third kappa shape index (κ3) is 32.8. The molecule has 0 bridgehead atoms. The van der Waals surface area contributed by atoms with E-state index in [1.807, 2.05) is 24.3 Å². The summed E-state index contributed by atoms with van der Waals surface area (Å²) in [4.78, 5) is 23.8. The Balaban J connectivity index is 3.53. The molecule has 2 N–H and O–H groups in total. The second-order valence-corrected chi connectivity index (χ2v) is 12.3. The lowest BCUT2D eigenvalue weighted by atomic mass is 10.0. The van der Waals surface area contributed by atoms with Crippen molar-refractivity contribution in [3.05, 3.63) is 36.5 Å². The highest BCUT2D eigenvalue weighted by Crippen LogP contribution is 2.14. The molecular formula is C37H66O6. The van der Waals surface area contributed by atoms with Crippen LogP contribution in [0.2, 0.25) is 0 Å². The molecule has 0 radical (unpaired) electrons. The molecule has 0 aliphatic rings. The predicted molar refractivity (Wildman–Crippen MR) is 179 cm³/mol. The SMILES string of the molecule is CC/C=C/CC(O)/C=C/C=C/CCCCCCCC(=O)OC[C@H](O)COC(=O)CCCCCCCCCCCCC(C)C. The Morgan fingerprint density at radius 2 is 1.12 bits per heavy atom. The number of rotatable bonds is 30. The molecule has 43 heavy (non-hydrogen) atoms. The van der Waals surface area contributed by atoms with Gasteiger partial charge in [0.1, 0.15) is 19.3 Å². The molecule has 1 unspecified atom stereocenters. The minimum atomic E-state index is -0.984. The number of ether oxygens (including phenoxy) is 2. The smallest absolute Gasteiger partial charge is 0.305 e. The van der Waals surface area contributed by atoms with E-state index in [0.717, 1.165) is 70.1 Å². The number of carbonyl (C=O) groups is 2. The molecule has 0 aromatic rings. The van der Waals surface area contributed by atoms with Crippen molar-refractivity contribution in [3.63, 3.8) is 0 Å². The molecule has 0 rings (SSSR count). The van der Waals surface area contributed by atoms with E-state index in [9.17, 15) is 19.8 Å². The largest absolute Gasteiger partial charge is 0.463 e. The molecule has 0 spiro atoms. The van der Waals surface area contributed by atoms with Gasteiger partial charge in [0.05, 0.1) is 6.10 Å². The molecule has 2 atom stereocenters. The Bertz CT molecular complexity index is 727. The van der Waals surface area contributed by atoms with Crippen LogP contribution in [-0.4, -0.2) is 47.6 Å². The van der Waals surface area contributed by atoms with E-state index >= 15 is 0 Å². The molecule has 0 saturated carbocycles.